The van der Waals surface area contributed by atoms with Crippen molar-refractivity contribution in [3.05, 3.63) is 11.8 Å². The summed E-state index contributed by atoms with van der Waals surface area (Å²) in [7, 11) is 3.59. The molecule has 0 radical (unpaired) electrons. The molecule has 3 heterocycles. The lowest BCUT2D eigenvalue weighted by Crippen LogP contribution is -2.54. The minimum atomic E-state index is 0.159. The van der Waals surface area contributed by atoms with Crippen LogP contribution in [-0.4, -0.2) is 67.7 Å². The normalized spacial score (nSPS) is 23.6. The highest BCUT2D eigenvalue weighted by Gasteiger charge is 2.42. The molecule has 7 nitrogen and oxygen atoms in total. The molecule has 0 saturated carbocycles. The number of nitrogens with zero attached hydrogens (tertiary/aromatic N) is 4. The van der Waals surface area contributed by atoms with Gasteiger partial charge < -0.3 is 19.9 Å². The lowest BCUT2D eigenvalue weighted by atomic mass is 9.73. The fourth-order valence-electron chi connectivity index (χ4n) is 4.24. The number of rotatable bonds is 6. The zero-order valence-corrected chi connectivity index (χ0v) is 16.3. The Labute approximate surface area is 156 Å². The Morgan fingerprint density at radius 1 is 1.31 bits per heavy atom. The SMILES string of the molecule is CNc1cc(C)nc(N2CCC[C@]3(CCC(=O)N(CCCOC)C3)C2)n1. The van der Waals surface area contributed by atoms with E-state index in [0.717, 1.165) is 62.9 Å². The summed E-state index contributed by atoms with van der Waals surface area (Å²) in [4.78, 5) is 26.0. The van der Waals surface area contributed by atoms with E-state index in [1.807, 2.05) is 24.9 Å². The fourth-order valence-corrected chi connectivity index (χ4v) is 4.24. The van der Waals surface area contributed by atoms with Gasteiger partial charge in [-0.2, -0.15) is 4.98 Å². The second-order valence-corrected chi connectivity index (χ2v) is 7.63. The summed E-state index contributed by atoms with van der Waals surface area (Å²) in [5, 5.41) is 3.12. The Hall–Kier alpha value is -1.89. The van der Waals surface area contributed by atoms with E-state index in [0.29, 0.717) is 13.0 Å². The smallest absolute Gasteiger partial charge is 0.227 e. The van der Waals surface area contributed by atoms with Crippen LogP contribution in [0.25, 0.3) is 0 Å². The molecule has 1 aromatic heterocycles. The van der Waals surface area contributed by atoms with Crippen molar-refractivity contribution in [2.24, 2.45) is 5.41 Å². The summed E-state index contributed by atoms with van der Waals surface area (Å²) in [6.45, 7) is 6.24. The van der Waals surface area contributed by atoms with Crippen LogP contribution in [0.2, 0.25) is 0 Å². The number of hydrogen-bond acceptors (Lipinski definition) is 6. The number of carbonyl (C=O) groups excluding carboxylic acids is 1. The van der Waals surface area contributed by atoms with Crippen molar-refractivity contribution < 1.29 is 9.53 Å². The summed E-state index contributed by atoms with van der Waals surface area (Å²) < 4.78 is 5.14. The molecular weight excluding hydrogens is 330 g/mol. The number of ether oxygens (including phenoxy) is 1. The van der Waals surface area contributed by atoms with Crippen LogP contribution in [0.1, 0.15) is 37.8 Å². The van der Waals surface area contributed by atoms with Crippen molar-refractivity contribution in [3.8, 4) is 0 Å². The summed E-state index contributed by atoms with van der Waals surface area (Å²) in [5.41, 5.74) is 1.13. The number of nitrogens with one attached hydrogen (secondary N) is 1. The molecule has 1 amide bonds. The van der Waals surface area contributed by atoms with E-state index >= 15 is 0 Å². The van der Waals surface area contributed by atoms with Gasteiger partial charge in [0.2, 0.25) is 11.9 Å². The first-order valence-electron chi connectivity index (χ1n) is 9.60. The Morgan fingerprint density at radius 3 is 2.92 bits per heavy atom. The third-order valence-electron chi connectivity index (χ3n) is 5.57. The van der Waals surface area contributed by atoms with E-state index in [9.17, 15) is 4.79 Å². The second-order valence-electron chi connectivity index (χ2n) is 7.63. The van der Waals surface area contributed by atoms with Gasteiger partial charge in [0.1, 0.15) is 5.82 Å². The highest BCUT2D eigenvalue weighted by Crippen LogP contribution is 2.39. The Kier molecular flexibility index (Phi) is 5.96. The first-order chi connectivity index (χ1) is 12.5. The molecule has 1 aromatic rings. The molecule has 2 fully saturated rings. The minimum absolute atomic E-state index is 0.159. The average Bonchev–Trinajstić information content (AvgIpc) is 2.64. The highest BCUT2D eigenvalue weighted by molar-refractivity contribution is 5.77. The molecule has 7 heteroatoms. The first-order valence-corrected chi connectivity index (χ1v) is 9.60. The summed E-state index contributed by atoms with van der Waals surface area (Å²) in [6.07, 6.45) is 4.80. The van der Waals surface area contributed by atoms with Crippen LogP contribution in [0.3, 0.4) is 0 Å². The maximum absolute atomic E-state index is 12.3. The van der Waals surface area contributed by atoms with Gasteiger partial charge in [-0.25, -0.2) is 4.98 Å². The molecule has 1 atom stereocenters. The van der Waals surface area contributed by atoms with E-state index in [1.54, 1.807) is 7.11 Å². The number of hydrogen-bond donors (Lipinski definition) is 1. The van der Waals surface area contributed by atoms with Gasteiger partial charge in [0, 0.05) is 70.5 Å². The number of piperidine rings is 2. The van der Waals surface area contributed by atoms with Crippen LogP contribution in [-0.2, 0) is 9.53 Å². The van der Waals surface area contributed by atoms with Crippen molar-refractivity contribution in [1.82, 2.24) is 14.9 Å². The first kappa shape index (κ1) is 18.9. The van der Waals surface area contributed by atoms with Crippen LogP contribution in [0.5, 0.6) is 0 Å². The number of aromatic nitrogens is 2. The molecule has 2 saturated heterocycles. The van der Waals surface area contributed by atoms with Crippen molar-refractivity contribution in [3.63, 3.8) is 0 Å². The minimum Gasteiger partial charge on any atom is -0.385 e. The second kappa shape index (κ2) is 8.20. The van der Waals surface area contributed by atoms with Crippen molar-refractivity contribution in [1.29, 1.82) is 0 Å². The molecule has 2 aliphatic heterocycles. The predicted octanol–water partition coefficient (Wildman–Crippen LogP) is 2.07. The molecular formula is C19H31N5O2. The monoisotopic (exact) mass is 361 g/mol. The summed E-state index contributed by atoms with van der Waals surface area (Å²) in [5.74, 6) is 1.94. The Bertz CT molecular complexity index is 638. The van der Waals surface area contributed by atoms with Gasteiger partial charge in [-0.1, -0.05) is 0 Å². The van der Waals surface area contributed by atoms with Gasteiger partial charge in [-0.15, -0.1) is 0 Å². The van der Waals surface area contributed by atoms with Crippen LogP contribution in [0.4, 0.5) is 11.8 Å². The van der Waals surface area contributed by atoms with Gasteiger partial charge >= 0.3 is 0 Å². The maximum atomic E-state index is 12.3. The van der Waals surface area contributed by atoms with Crippen LogP contribution in [0.15, 0.2) is 6.07 Å². The molecule has 26 heavy (non-hydrogen) atoms. The van der Waals surface area contributed by atoms with Crippen LogP contribution < -0.4 is 10.2 Å². The summed E-state index contributed by atoms with van der Waals surface area (Å²) >= 11 is 0. The van der Waals surface area contributed by atoms with Gasteiger partial charge in [-0.05, 0) is 32.6 Å². The molecule has 1 spiro atoms. The van der Waals surface area contributed by atoms with E-state index in [4.69, 9.17) is 4.74 Å². The zero-order valence-electron chi connectivity index (χ0n) is 16.3. The largest absolute Gasteiger partial charge is 0.385 e. The number of likely N-dealkylation sites (tertiary alicyclic amines) is 1. The number of anilines is 2. The van der Waals surface area contributed by atoms with E-state index in [1.165, 1.54) is 6.42 Å². The molecule has 0 unspecified atom stereocenters. The van der Waals surface area contributed by atoms with Gasteiger partial charge in [0.15, 0.2) is 0 Å². The average molecular weight is 361 g/mol. The molecule has 0 aliphatic carbocycles. The molecule has 3 rings (SSSR count). The molecule has 0 bridgehead atoms. The lowest BCUT2D eigenvalue weighted by molar-refractivity contribution is -0.138. The van der Waals surface area contributed by atoms with Crippen LogP contribution >= 0.6 is 0 Å². The Balaban J connectivity index is 1.72. The predicted molar refractivity (Wildman–Crippen MR) is 103 cm³/mol. The standard InChI is InChI=1S/C19H31N5O2/c1-15-12-16(20-2)22-18(21-15)24-9-4-7-19(14-24)8-6-17(25)23(13-19)10-5-11-26-3/h12H,4-11,13-14H2,1-3H3,(H,20,21,22)/t19-/m1/s1. The van der Waals surface area contributed by atoms with Crippen molar-refractivity contribution in [2.45, 2.75) is 39.0 Å². The van der Waals surface area contributed by atoms with E-state index in [2.05, 4.69) is 20.2 Å². The van der Waals surface area contributed by atoms with Crippen LogP contribution in [0, 0.1) is 12.3 Å². The zero-order chi connectivity index (χ0) is 18.6. The van der Waals surface area contributed by atoms with Gasteiger partial charge in [-0.3, -0.25) is 4.79 Å². The number of methoxy groups -OCH3 is 1. The highest BCUT2D eigenvalue weighted by atomic mass is 16.5. The number of amides is 1. The topological polar surface area (TPSA) is 70.6 Å². The molecule has 2 aliphatic rings. The third kappa shape index (κ3) is 4.26. The summed E-state index contributed by atoms with van der Waals surface area (Å²) in [6, 6.07) is 1.96. The van der Waals surface area contributed by atoms with Gasteiger partial charge in [0.05, 0.1) is 0 Å². The number of carbonyl (C=O) groups is 1. The van der Waals surface area contributed by atoms with E-state index < -0.39 is 0 Å². The quantitative estimate of drug-likeness (QED) is 0.782. The molecule has 0 aromatic carbocycles. The third-order valence-corrected chi connectivity index (χ3v) is 5.57. The van der Waals surface area contributed by atoms with Crippen molar-refractivity contribution in [2.75, 3.05) is 57.2 Å². The Morgan fingerprint density at radius 2 is 2.15 bits per heavy atom. The fraction of sp³-hybridized carbons (Fsp3) is 0.737. The molecule has 144 valence electrons. The number of aryl methyl sites for hydroxylation is 1. The van der Waals surface area contributed by atoms with E-state index in [-0.39, 0.29) is 11.3 Å². The van der Waals surface area contributed by atoms with Crippen molar-refractivity contribution >= 4 is 17.7 Å². The lowest BCUT2D eigenvalue weighted by Gasteiger charge is -2.48. The maximum Gasteiger partial charge on any atom is 0.227 e. The van der Waals surface area contributed by atoms with Gasteiger partial charge in [0.25, 0.3) is 0 Å². The molecule has 1 N–H and O–H groups in total.